The van der Waals surface area contributed by atoms with Gasteiger partial charge in [-0.2, -0.15) is 13.2 Å². The summed E-state index contributed by atoms with van der Waals surface area (Å²) in [6.07, 6.45) is -4.38. The number of rotatable bonds is 1. The summed E-state index contributed by atoms with van der Waals surface area (Å²) < 4.78 is 40.2. The van der Waals surface area contributed by atoms with Gasteiger partial charge in [-0.25, -0.2) is 0 Å². The molecule has 2 rings (SSSR count). The summed E-state index contributed by atoms with van der Waals surface area (Å²) in [5, 5.41) is 0. The highest BCUT2D eigenvalue weighted by atomic mass is 79.9. The Morgan fingerprint density at radius 2 is 1.60 bits per heavy atom. The van der Waals surface area contributed by atoms with Crippen LogP contribution in [0.5, 0.6) is 0 Å². The smallest absolute Gasteiger partial charge is 0.257 e. The van der Waals surface area contributed by atoms with Gasteiger partial charge in [-0.3, -0.25) is 4.98 Å². The molecule has 0 aliphatic rings. The van der Waals surface area contributed by atoms with Crippen LogP contribution in [-0.4, -0.2) is 4.98 Å². The first-order chi connectivity index (χ1) is 9.23. The SMILES string of the molecule is Cc1nc(C)c(-c2ccccc2C(F)(F)F)c(C)c1Br. The lowest BCUT2D eigenvalue weighted by molar-refractivity contribution is -0.137. The highest BCUT2D eigenvalue weighted by molar-refractivity contribution is 9.10. The van der Waals surface area contributed by atoms with Crippen LogP contribution < -0.4 is 0 Å². The number of hydrogen-bond donors (Lipinski definition) is 0. The minimum absolute atomic E-state index is 0.170. The average Bonchev–Trinajstić information content (AvgIpc) is 2.35. The van der Waals surface area contributed by atoms with Crippen molar-refractivity contribution in [1.82, 2.24) is 4.98 Å². The number of benzene rings is 1. The van der Waals surface area contributed by atoms with E-state index in [1.54, 1.807) is 19.9 Å². The van der Waals surface area contributed by atoms with E-state index >= 15 is 0 Å². The van der Waals surface area contributed by atoms with Gasteiger partial charge in [0.2, 0.25) is 0 Å². The quantitative estimate of drug-likeness (QED) is 0.670. The molecule has 0 spiro atoms. The second kappa shape index (κ2) is 5.20. The number of nitrogens with zero attached hydrogens (tertiary/aromatic N) is 1. The van der Waals surface area contributed by atoms with Gasteiger partial charge < -0.3 is 0 Å². The first-order valence-electron chi connectivity index (χ1n) is 6.03. The third-order valence-corrected chi connectivity index (χ3v) is 4.39. The fourth-order valence-corrected chi connectivity index (χ4v) is 2.64. The Hall–Kier alpha value is -1.36. The highest BCUT2D eigenvalue weighted by Gasteiger charge is 2.34. The number of hydrogen-bond acceptors (Lipinski definition) is 1. The summed E-state index contributed by atoms with van der Waals surface area (Å²) in [6.45, 7) is 5.35. The number of halogens is 4. The summed E-state index contributed by atoms with van der Waals surface area (Å²) >= 11 is 3.39. The molecule has 0 saturated heterocycles. The van der Waals surface area contributed by atoms with E-state index in [1.165, 1.54) is 12.1 Å². The van der Waals surface area contributed by atoms with Crippen LogP contribution in [-0.2, 0) is 6.18 Å². The minimum atomic E-state index is -4.38. The van der Waals surface area contributed by atoms with Crippen molar-refractivity contribution in [2.75, 3.05) is 0 Å². The van der Waals surface area contributed by atoms with Crippen molar-refractivity contribution in [3.8, 4) is 11.1 Å². The van der Waals surface area contributed by atoms with Crippen molar-refractivity contribution in [2.24, 2.45) is 0 Å². The highest BCUT2D eigenvalue weighted by Crippen LogP contribution is 2.40. The number of aromatic nitrogens is 1. The van der Waals surface area contributed by atoms with Crippen molar-refractivity contribution in [3.63, 3.8) is 0 Å². The summed E-state index contributed by atoms with van der Waals surface area (Å²) in [4.78, 5) is 4.32. The fraction of sp³-hybridized carbons (Fsp3) is 0.267. The second-order valence-electron chi connectivity index (χ2n) is 4.64. The second-order valence-corrected chi connectivity index (χ2v) is 5.43. The van der Waals surface area contributed by atoms with Gasteiger partial charge in [0, 0.05) is 15.7 Å². The molecular formula is C15H13BrF3N. The van der Waals surface area contributed by atoms with Crippen molar-refractivity contribution >= 4 is 15.9 Å². The molecule has 1 nitrogen and oxygen atoms in total. The van der Waals surface area contributed by atoms with Gasteiger partial charge in [0.25, 0.3) is 0 Å². The molecule has 0 aliphatic heterocycles. The van der Waals surface area contributed by atoms with Gasteiger partial charge in [-0.15, -0.1) is 0 Å². The van der Waals surface area contributed by atoms with Crippen LogP contribution in [0.4, 0.5) is 13.2 Å². The van der Waals surface area contributed by atoms with Gasteiger partial charge in [0.05, 0.1) is 11.3 Å². The molecule has 2 aromatic rings. The molecule has 1 heterocycles. The molecule has 0 amide bonds. The number of alkyl halides is 3. The Balaban J connectivity index is 2.80. The molecule has 0 radical (unpaired) electrons. The molecule has 1 aromatic heterocycles. The van der Waals surface area contributed by atoms with Crippen LogP contribution in [0.2, 0.25) is 0 Å². The molecular weight excluding hydrogens is 331 g/mol. The van der Waals surface area contributed by atoms with E-state index in [0.717, 1.165) is 21.8 Å². The number of aryl methyl sites for hydroxylation is 2. The van der Waals surface area contributed by atoms with E-state index in [-0.39, 0.29) is 5.56 Å². The Morgan fingerprint density at radius 1 is 1.00 bits per heavy atom. The zero-order chi connectivity index (χ0) is 15.1. The molecule has 0 fully saturated rings. The lowest BCUT2D eigenvalue weighted by atomic mass is 9.94. The molecule has 106 valence electrons. The van der Waals surface area contributed by atoms with Gasteiger partial charge in [-0.05, 0) is 53.9 Å². The van der Waals surface area contributed by atoms with Crippen LogP contribution in [0, 0.1) is 20.8 Å². The lowest BCUT2D eigenvalue weighted by Gasteiger charge is -2.17. The van der Waals surface area contributed by atoms with Crippen molar-refractivity contribution < 1.29 is 13.2 Å². The summed E-state index contributed by atoms with van der Waals surface area (Å²) in [5.74, 6) is 0. The maximum absolute atomic E-state index is 13.1. The summed E-state index contributed by atoms with van der Waals surface area (Å²) in [5.41, 5.74) is 2.21. The molecule has 0 N–H and O–H groups in total. The van der Waals surface area contributed by atoms with Crippen molar-refractivity contribution in [1.29, 1.82) is 0 Å². The molecule has 0 aliphatic carbocycles. The Kier molecular flexibility index (Phi) is 3.91. The molecule has 0 atom stereocenters. The third kappa shape index (κ3) is 2.59. The maximum Gasteiger partial charge on any atom is 0.417 e. The molecule has 1 aromatic carbocycles. The first kappa shape index (κ1) is 15.0. The molecule has 5 heteroatoms. The van der Waals surface area contributed by atoms with E-state index < -0.39 is 11.7 Å². The molecule has 20 heavy (non-hydrogen) atoms. The largest absolute Gasteiger partial charge is 0.417 e. The lowest BCUT2D eigenvalue weighted by Crippen LogP contribution is -2.08. The average molecular weight is 344 g/mol. The third-order valence-electron chi connectivity index (χ3n) is 3.22. The van der Waals surface area contributed by atoms with Crippen LogP contribution >= 0.6 is 15.9 Å². The standard InChI is InChI=1S/C15H13BrF3N/c1-8-13(9(2)20-10(3)14(8)16)11-6-4-5-7-12(11)15(17,18)19/h4-7H,1-3H3. The van der Waals surface area contributed by atoms with E-state index in [1.807, 2.05) is 6.92 Å². The fourth-order valence-electron chi connectivity index (χ4n) is 2.35. The Morgan fingerprint density at radius 3 is 2.20 bits per heavy atom. The van der Waals surface area contributed by atoms with Gasteiger partial charge >= 0.3 is 6.18 Å². The van der Waals surface area contributed by atoms with Crippen LogP contribution in [0.3, 0.4) is 0 Å². The topological polar surface area (TPSA) is 12.9 Å². The van der Waals surface area contributed by atoms with E-state index in [2.05, 4.69) is 20.9 Å². The van der Waals surface area contributed by atoms with Gasteiger partial charge in [0.1, 0.15) is 0 Å². The summed E-state index contributed by atoms with van der Waals surface area (Å²) in [6, 6.07) is 5.59. The van der Waals surface area contributed by atoms with Crippen molar-refractivity contribution in [3.05, 3.63) is 51.3 Å². The predicted molar refractivity (Wildman–Crippen MR) is 76.6 cm³/mol. The van der Waals surface area contributed by atoms with Crippen LogP contribution in [0.1, 0.15) is 22.5 Å². The zero-order valence-corrected chi connectivity index (χ0v) is 12.9. The predicted octanol–water partition coefficient (Wildman–Crippen LogP) is 5.46. The monoisotopic (exact) mass is 343 g/mol. The van der Waals surface area contributed by atoms with E-state index in [0.29, 0.717) is 11.3 Å². The molecule has 0 saturated carbocycles. The van der Waals surface area contributed by atoms with Crippen molar-refractivity contribution in [2.45, 2.75) is 26.9 Å². The van der Waals surface area contributed by atoms with Gasteiger partial charge in [0.15, 0.2) is 0 Å². The normalized spacial score (nSPS) is 11.8. The zero-order valence-electron chi connectivity index (χ0n) is 11.3. The maximum atomic E-state index is 13.1. The van der Waals surface area contributed by atoms with E-state index in [4.69, 9.17) is 0 Å². The number of pyridine rings is 1. The Labute approximate surface area is 124 Å². The molecule has 0 unspecified atom stereocenters. The minimum Gasteiger partial charge on any atom is -0.257 e. The first-order valence-corrected chi connectivity index (χ1v) is 6.82. The Bertz CT molecular complexity index is 663. The molecule has 0 bridgehead atoms. The summed E-state index contributed by atoms with van der Waals surface area (Å²) in [7, 11) is 0. The van der Waals surface area contributed by atoms with Crippen LogP contribution in [0.15, 0.2) is 28.7 Å². The van der Waals surface area contributed by atoms with Crippen LogP contribution in [0.25, 0.3) is 11.1 Å². The van der Waals surface area contributed by atoms with E-state index in [9.17, 15) is 13.2 Å². The van der Waals surface area contributed by atoms with Gasteiger partial charge in [-0.1, -0.05) is 18.2 Å².